The molecule has 8 unspecified atom stereocenters. The summed E-state index contributed by atoms with van der Waals surface area (Å²) < 4.78 is 38.7. The third kappa shape index (κ3) is 12.9. The van der Waals surface area contributed by atoms with Gasteiger partial charge in [-0.05, 0) is 106 Å². The van der Waals surface area contributed by atoms with Crippen LogP contribution in [-0.2, 0) is 34.7 Å². The number of fused-ring (bicyclic) bond motifs is 1. The summed E-state index contributed by atoms with van der Waals surface area (Å²) in [7, 11) is -1.87. The number of benzene rings is 1. The van der Waals surface area contributed by atoms with Gasteiger partial charge in [-0.15, -0.1) is 0 Å². The Hall–Kier alpha value is -1.32. The molecule has 7 heteroatoms. The van der Waals surface area contributed by atoms with Crippen LogP contribution in [0.15, 0.2) is 54.1 Å². The monoisotopic (exact) mass is 739 g/mol. The molecule has 0 bridgehead atoms. The van der Waals surface area contributed by atoms with Crippen molar-refractivity contribution in [3.63, 3.8) is 0 Å². The van der Waals surface area contributed by atoms with Crippen molar-refractivity contribution in [3.05, 3.63) is 59.7 Å². The minimum absolute atomic E-state index is 0.0704. The molecule has 8 atom stereocenters. The Morgan fingerprint density at radius 3 is 2.33 bits per heavy atom. The lowest BCUT2D eigenvalue weighted by molar-refractivity contribution is -0.193. The summed E-state index contributed by atoms with van der Waals surface area (Å²) >= 11 is 0. The highest BCUT2D eigenvalue weighted by molar-refractivity contribution is 6.74. The average Bonchev–Trinajstić information content (AvgIpc) is 3.68. The van der Waals surface area contributed by atoms with Crippen LogP contribution in [0, 0.1) is 23.7 Å². The second kappa shape index (κ2) is 21.1. The minimum Gasteiger partial charge on any atom is -0.416 e. The minimum atomic E-state index is -1.87. The van der Waals surface area contributed by atoms with Crippen LogP contribution in [0.5, 0.6) is 0 Å². The maximum Gasteiger partial charge on any atom is 0.192 e. The molecule has 1 saturated carbocycles. The molecule has 0 spiro atoms. The molecule has 52 heavy (non-hydrogen) atoms. The first-order valence-electron chi connectivity index (χ1n) is 21.3. The van der Waals surface area contributed by atoms with E-state index in [1.807, 2.05) is 0 Å². The molecule has 2 heterocycles. The van der Waals surface area contributed by atoms with Crippen molar-refractivity contribution in [1.29, 1.82) is 0 Å². The van der Waals surface area contributed by atoms with Gasteiger partial charge in [-0.25, -0.2) is 0 Å². The Kier molecular flexibility index (Phi) is 17.0. The normalized spacial score (nSPS) is 28.2. The maximum absolute atomic E-state index is 6.96. The van der Waals surface area contributed by atoms with E-state index in [9.17, 15) is 0 Å². The van der Waals surface area contributed by atoms with Crippen molar-refractivity contribution in [1.82, 2.24) is 0 Å². The van der Waals surface area contributed by atoms with E-state index in [0.717, 1.165) is 90.6 Å². The van der Waals surface area contributed by atoms with E-state index in [1.165, 1.54) is 37.7 Å². The Bertz CT molecular complexity index is 1200. The summed E-state index contributed by atoms with van der Waals surface area (Å²) in [5, 5.41) is 0.198. The molecule has 2 aliphatic carbocycles. The van der Waals surface area contributed by atoms with Gasteiger partial charge in [-0.3, -0.25) is 0 Å². The second-order valence-corrected chi connectivity index (χ2v) is 22.5. The van der Waals surface area contributed by atoms with Gasteiger partial charge in [-0.1, -0.05) is 108 Å². The number of rotatable bonds is 21. The largest absolute Gasteiger partial charge is 0.416 e. The van der Waals surface area contributed by atoms with E-state index in [1.54, 1.807) is 5.57 Å². The number of unbranched alkanes of at least 4 members (excludes halogenated alkanes) is 3. The lowest BCUT2D eigenvalue weighted by Gasteiger charge is -2.37. The summed E-state index contributed by atoms with van der Waals surface area (Å²) in [6, 6.07) is 10.5. The molecule has 2 saturated heterocycles. The highest BCUT2D eigenvalue weighted by Crippen LogP contribution is 2.51. The Morgan fingerprint density at radius 1 is 0.904 bits per heavy atom. The summed E-state index contributed by atoms with van der Waals surface area (Å²) in [5.41, 5.74) is 2.86. The summed E-state index contributed by atoms with van der Waals surface area (Å²) in [5.74, 6) is 1.88. The van der Waals surface area contributed by atoms with Crippen LogP contribution in [0.1, 0.15) is 130 Å². The van der Waals surface area contributed by atoms with E-state index in [0.29, 0.717) is 30.3 Å². The van der Waals surface area contributed by atoms with E-state index in [-0.39, 0.29) is 29.8 Å². The standard InChI is InChI=1S/C45H74O6Si/c1-7-8-10-22-39(50-43-23-14-17-28-47-43)25-26-40-41-31-37(30-38(41)32-42(40)51-44-24-15-18-29-48-44)36(34-49-52(5,6)45(2,3)4)21-13-16-27-46-33-35-19-11-9-12-20-35/h9,11-12,19-20,25-26,30,36,38-44H,7-8,10,13-18,21-24,27-29,31-34H2,1-6H3. The Balaban J connectivity index is 1.27. The molecule has 5 rings (SSSR count). The molecule has 0 amide bonds. The van der Waals surface area contributed by atoms with Gasteiger partial charge in [0.25, 0.3) is 0 Å². The molecule has 1 aromatic rings. The molecule has 4 aliphatic rings. The van der Waals surface area contributed by atoms with Crippen molar-refractivity contribution in [2.75, 3.05) is 26.4 Å². The van der Waals surface area contributed by atoms with Crippen molar-refractivity contribution >= 4 is 8.32 Å². The van der Waals surface area contributed by atoms with Crippen LogP contribution in [-0.4, -0.2) is 59.5 Å². The SMILES string of the molecule is CCCCCC(C=CC1C(OC2CCCCO2)CC2C=C(C(CCCCOCc3ccccc3)CO[Si](C)(C)C(C)(C)C)CC21)OC1CCCCO1. The van der Waals surface area contributed by atoms with Crippen molar-refractivity contribution in [2.45, 2.75) is 174 Å². The third-order valence-corrected chi connectivity index (χ3v) is 17.1. The molecule has 0 aromatic heterocycles. The van der Waals surface area contributed by atoms with E-state index in [4.69, 9.17) is 28.1 Å². The fourth-order valence-electron chi connectivity index (χ4n) is 8.32. The van der Waals surface area contributed by atoms with Gasteiger partial charge in [-0.2, -0.15) is 0 Å². The smallest absolute Gasteiger partial charge is 0.192 e. The molecule has 1 aromatic carbocycles. The summed E-state index contributed by atoms with van der Waals surface area (Å²) in [6.45, 7) is 18.1. The number of allylic oxidation sites excluding steroid dienone is 1. The molecule has 2 aliphatic heterocycles. The van der Waals surface area contributed by atoms with Gasteiger partial charge in [0.15, 0.2) is 20.9 Å². The highest BCUT2D eigenvalue weighted by Gasteiger charge is 2.47. The molecule has 6 nitrogen and oxygen atoms in total. The van der Waals surface area contributed by atoms with Crippen LogP contribution >= 0.6 is 0 Å². The van der Waals surface area contributed by atoms with Gasteiger partial charge < -0.3 is 28.1 Å². The molecular weight excluding hydrogens is 665 g/mol. The van der Waals surface area contributed by atoms with Crippen LogP contribution in [0.25, 0.3) is 0 Å². The molecular formula is C45H74O6Si. The molecule has 3 fully saturated rings. The van der Waals surface area contributed by atoms with E-state index in [2.05, 4.69) is 89.3 Å². The van der Waals surface area contributed by atoms with Crippen LogP contribution < -0.4 is 0 Å². The first kappa shape index (κ1) is 41.8. The van der Waals surface area contributed by atoms with Crippen molar-refractivity contribution < 1.29 is 28.1 Å². The fourth-order valence-corrected chi connectivity index (χ4v) is 9.37. The van der Waals surface area contributed by atoms with Crippen molar-refractivity contribution in [2.24, 2.45) is 23.7 Å². The second-order valence-electron chi connectivity index (χ2n) is 17.7. The lowest BCUT2D eigenvalue weighted by Crippen LogP contribution is -2.42. The molecule has 294 valence electrons. The highest BCUT2D eigenvalue weighted by atomic mass is 28.4. The van der Waals surface area contributed by atoms with Gasteiger partial charge in [0, 0.05) is 38.3 Å². The fraction of sp³-hybridized carbons (Fsp3) is 0.778. The first-order valence-corrected chi connectivity index (χ1v) is 24.2. The van der Waals surface area contributed by atoms with Crippen LogP contribution in [0.3, 0.4) is 0 Å². The third-order valence-electron chi connectivity index (χ3n) is 12.6. The van der Waals surface area contributed by atoms with Crippen LogP contribution in [0.2, 0.25) is 18.1 Å². The molecule has 0 N–H and O–H groups in total. The number of ether oxygens (including phenoxy) is 5. The number of hydrogen-bond acceptors (Lipinski definition) is 6. The topological polar surface area (TPSA) is 55.4 Å². The Labute approximate surface area is 318 Å². The maximum atomic E-state index is 6.96. The average molecular weight is 739 g/mol. The summed E-state index contributed by atoms with van der Waals surface area (Å²) in [4.78, 5) is 0. The predicted octanol–water partition coefficient (Wildman–Crippen LogP) is 11.6. The van der Waals surface area contributed by atoms with E-state index >= 15 is 0 Å². The first-order chi connectivity index (χ1) is 25.1. The van der Waals surface area contributed by atoms with Gasteiger partial charge >= 0.3 is 0 Å². The zero-order valence-corrected chi connectivity index (χ0v) is 34.8. The quantitative estimate of drug-likeness (QED) is 0.0711. The number of hydrogen-bond donors (Lipinski definition) is 0. The molecule has 0 radical (unpaired) electrons. The summed E-state index contributed by atoms with van der Waals surface area (Å²) in [6.07, 6.45) is 24.6. The van der Waals surface area contributed by atoms with Gasteiger partial charge in [0.1, 0.15) is 0 Å². The van der Waals surface area contributed by atoms with Crippen LogP contribution in [0.4, 0.5) is 0 Å². The van der Waals surface area contributed by atoms with Gasteiger partial charge in [0.05, 0.1) is 18.8 Å². The zero-order chi connectivity index (χ0) is 36.8. The lowest BCUT2D eigenvalue weighted by atomic mass is 9.86. The van der Waals surface area contributed by atoms with Crippen molar-refractivity contribution in [3.8, 4) is 0 Å². The Morgan fingerprint density at radius 2 is 1.63 bits per heavy atom. The predicted molar refractivity (Wildman–Crippen MR) is 215 cm³/mol. The van der Waals surface area contributed by atoms with Gasteiger partial charge in [0.2, 0.25) is 0 Å². The zero-order valence-electron chi connectivity index (χ0n) is 33.8. The van der Waals surface area contributed by atoms with E-state index < -0.39 is 8.32 Å².